The monoisotopic (exact) mass is 335 g/mol. The maximum absolute atomic E-state index is 13.6. The summed E-state index contributed by atoms with van der Waals surface area (Å²) in [7, 11) is -3.76. The van der Waals surface area contributed by atoms with Crippen LogP contribution in [0.2, 0.25) is 0 Å². The molecule has 1 fully saturated rings. The van der Waals surface area contributed by atoms with Crippen LogP contribution in [0.15, 0.2) is 27.6 Å². The third kappa shape index (κ3) is 2.92. The number of sulfonamides is 1. The summed E-state index contributed by atoms with van der Waals surface area (Å²) in [6.07, 6.45) is 3.02. The van der Waals surface area contributed by atoms with Crippen molar-refractivity contribution in [1.29, 1.82) is 0 Å². The first kappa shape index (κ1) is 14.0. The van der Waals surface area contributed by atoms with Gasteiger partial charge in [0, 0.05) is 11.0 Å². The van der Waals surface area contributed by atoms with Crippen molar-refractivity contribution in [3.8, 4) is 0 Å². The molecule has 1 aromatic carbocycles. The highest BCUT2D eigenvalue weighted by Crippen LogP contribution is 2.48. The van der Waals surface area contributed by atoms with E-state index in [1.165, 1.54) is 12.1 Å². The molecule has 6 heteroatoms. The maximum Gasteiger partial charge on any atom is 0.243 e. The Kier molecular flexibility index (Phi) is 3.80. The van der Waals surface area contributed by atoms with Gasteiger partial charge in [-0.3, -0.25) is 0 Å². The molecule has 0 heterocycles. The second-order valence-electron chi connectivity index (χ2n) is 4.75. The second kappa shape index (κ2) is 4.90. The minimum Gasteiger partial charge on any atom is -0.211 e. The number of nitrogens with one attached hydrogen (secondary N) is 1. The zero-order valence-corrected chi connectivity index (χ0v) is 12.4. The van der Waals surface area contributed by atoms with E-state index < -0.39 is 15.8 Å². The zero-order chi connectivity index (χ0) is 13.4. The van der Waals surface area contributed by atoms with E-state index in [1.807, 2.05) is 6.92 Å². The molecule has 0 amide bonds. The predicted molar refractivity (Wildman–Crippen MR) is 71.2 cm³/mol. The van der Waals surface area contributed by atoms with Crippen LogP contribution in [-0.2, 0) is 10.0 Å². The van der Waals surface area contributed by atoms with Crippen LogP contribution in [-0.4, -0.2) is 15.0 Å². The Balaban J connectivity index is 2.15. The van der Waals surface area contributed by atoms with Crippen molar-refractivity contribution in [2.75, 3.05) is 6.54 Å². The molecule has 1 aromatic rings. The van der Waals surface area contributed by atoms with Crippen LogP contribution in [0.5, 0.6) is 0 Å². The molecule has 1 aliphatic carbocycles. The van der Waals surface area contributed by atoms with Crippen LogP contribution in [0.3, 0.4) is 0 Å². The molecule has 3 nitrogen and oxygen atoms in total. The van der Waals surface area contributed by atoms with E-state index in [-0.39, 0.29) is 10.3 Å². The highest BCUT2D eigenvalue weighted by molar-refractivity contribution is 9.10. The van der Waals surface area contributed by atoms with Gasteiger partial charge in [-0.2, -0.15) is 0 Å². The van der Waals surface area contributed by atoms with E-state index in [9.17, 15) is 12.8 Å². The largest absolute Gasteiger partial charge is 0.243 e. The van der Waals surface area contributed by atoms with E-state index in [4.69, 9.17) is 0 Å². The van der Waals surface area contributed by atoms with Crippen molar-refractivity contribution in [1.82, 2.24) is 4.72 Å². The fraction of sp³-hybridized carbons (Fsp3) is 0.500. The molecular weight excluding hydrogens is 321 g/mol. The third-order valence-corrected chi connectivity index (χ3v) is 5.46. The predicted octanol–water partition coefficient (Wildman–Crippen LogP) is 3.06. The fourth-order valence-electron chi connectivity index (χ4n) is 1.85. The smallest absolute Gasteiger partial charge is 0.211 e. The van der Waals surface area contributed by atoms with Gasteiger partial charge in [0.1, 0.15) is 10.7 Å². The van der Waals surface area contributed by atoms with Crippen molar-refractivity contribution in [2.45, 2.75) is 31.1 Å². The summed E-state index contributed by atoms with van der Waals surface area (Å²) in [4.78, 5) is -0.294. The summed E-state index contributed by atoms with van der Waals surface area (Å²) in [5.41, 5.74) is 0.0961. The number of halogens is 2. The van der Waals surface area contributed by atoms with Crippen LogP contribution in [0.25, 0.3) is 0 Å². The molecule has 0 unspecified atom stereocenters. The van der Waals surface area contributed by atoms with E-state index in [0.29, 0.717) is 11.0 Å². The molecule has 0 saturated heterocycles. The summed E-state index contributed by atoms with van der Waals surface area (Å²) >= 11 is 3.10. The third-order valence-electron chi connectivity index (χ3n) is 3.53. The Bertz CT molecular complexity index is 555. The van der Waals surface area contributed by atoms with Crippen molar-refractivity contribution in [2.24, 2.45) is 5.41 Å². The molecule has 1 aliphatic rings. The van der Waals surface area contributed by atoms with Crippen molar-refractivity contribution in [3.63, 3.8) is 0 Å². The average molecular weight is 336 g/mol. The van der Waals surface area contributed by atoms with Gasteiger partial charge < -0.3 is 0 Å². The molecule has 0 bridgehead atoms. The molecule has 0 atom stereocenters. The lowest BCUT2D eigenvalue weighted by Gasteiger charge is -2.14. The summed E-state index contributed by atoms with van der Waals surface area (Å²) in [6, 6.07) is 3.94. The van der Waals surface area contributed by atoms with Gasteiger partial charge in [-0.25, -0.2) is 17.5 Å². The second-order valence-corrected chi connectivity index (χ2v) is 7.40. The van der Waals surface area contributed by atoms with Crippen LogP contribution >= 0.6 is 15.9 Å². The first-order valence-electron chi connectivity index (χ1n) is 5.83. The van der Waals surface area contributed by atoms with Gasteiger partial charge in [-0.1, -0.05) is 22.9 Å². The van der Waals surface area contributed by atoms with Gasteiger partial charge in [0.2, 0.25) is 10.0 Å². The standard InChI is InChI=1S/C12H15BrFNO2S/c1-2-12(5-6-12)8-15-18(16,17)11-4-3-9(13)7-10(11)14/h3-4,7,15H,2,5-6,8H2,1H3. The normalized spacial score (nSPS) is 17.7. The van der Waals surface area contributed by atoms with Gasteiger partial charge in [0.05, 0.1) is 0 Å². The average Bonchev–Trinajstić information content (AvgIpc) is 3.07. The highest BCUT2D eigenvalue weighted by atomic mass is 79.9. The van der Waals surface area contributed by atoms with E-state index in [2.05, 4.69) is 20.7 Å². The lowest BCUT2D eigenvalue weighted by molar-refractivity contribution is 0.473. The lowest BCUT2D eigenvalue weighted by atomic mass is 10.1. The quantitative estimate of drug-likeness (QED) is 0.898. The maximum atomic E-state index is 13.6. The molecule has 100 valence electrons. The van der Waals surface area contributed by atoms with Crippen LogP contribution in [0, 0.1) is 11.2 Å². The zero-order valence-electron chi connectivity index (χ0n) is 10.0. The van der Waals surface area contributed by atoms with Crippen molar-refractivity contribution in [3.05, 3.63) is 28.5 Å². The number of hydrogen-bond acceptors (Lipinski definition) is 2. The SMILES string of the molecule is CCC1(CNS(=O)(=O)c2ccc(Br)cc2F)CC1. The van der Waals surface area contributed by atoms with E-state index in [1.54, 1.807) is 0 Å². The lowest BCUT2D eigenvalue weighted by Crippen LogP contribution is -2.30. The molecule has 1 N–H and O–H groups in total. The molecule has 0 spiro atoms. The fourth-order valence-corrected chi connectivity index (χ4v) is 3.40. The molecule has 0 aliphatic heterocycles. The number of benzene rings is 1. The number of rotatable bonds is 5. The Morgan fingerprint density at radius 3 is 2.61 bits per heavy atom. The van der Waals surface area contributed by atoms with Gasteiger partial charge in [-0.05, 0) is 42.9 Å². The first-order valence-corrected chi connectivity index (χ1v) is 8.11. The van der Waals surface area contributed by atoms with Gasteiger partial charge in [0.25, 0.3) is 0 Å². The Morgan fingerprint density at radius 1 is 1.44 bits per heavy atom. The summed E-state index contributed by atoms with van der Waals surface area (Å²) in [5.74, 6) is -0.738. The molecule has 0 radical (unpaired) electrons. The molecule has 18 heavy (non-hydrogen) atoms. The number of hydrogen-bond donors (Lipinski definition) is 1. The van der Waals surface area contributed by atoms with Crippen LogP contribution in [0.4, 0.5) is 4.39 Å². The summed E-state index contributed by atoms with van der Waals surface area (Å²) in [5, 5.41) is 0. The van der Waals surface area contributed by atoms with E-state index >= 15 is 0 Å². The Labute approximate surface area is 115 Å². The van der Waals surface area contributed by atoms with Gasteiger partial charge in [-0.15, -0.1) is 0 Å². The van der Waals surface area contributed by atoms with Crippen molar-refractivity contribution >= 4 is 26.0 Å². The molecule has 1 saturated carbocycles. The van der Waals surface area contributed by atoms with Gasteiger partial charge >= 0.3 is 0 Å². The Hall–Kier alpha value is -0.460. The summed E-state index contributed by atoms with van der Waals surface area (Å²) in [6.45, 7) is 2.43. The molecule has 0 aromatic heterocycles. The summed E-state index contributed by atoms with van der Waals surface area (Å²) < 4.78 is 40.6. The highest BCUT2D eigenvalue weighted by Gasteiger charge is 2.41. The molecular formula is C12H15BrFNO2S. The molecule has 2 rings (SSSR count). The Morgan fingerprint density at radius 2 is 2.11 bits per heavy atom. The van der Waals surface area contributed by atoms with Crippen LogP contribution < -0.4 is 4.72 Å². The van der Waals surface area contributed by atoms with Crippen LogP contribution in [0.1, 0.15) is 26.2 Å². The van der Waals surface area contributed by atoms with Crippen molar-refractivity contribution < 1.29 is 12.8 Å². The minimum atomic E-state index is -3.76. The first-order chi connectivity index (χ1) is 8.38. The topological polar surface area (TPSA) is 46.2 Å². The van der Waals surface area contributed by atoms with E-state index in [0.717, 1.165) is 25.3 Å². The van der Waals surface area contributed by atoms with Gasteiger partial charge in [0.15, 0.2) is 0 Å². The minimum absolute atomic E-state index is 0.0961.